The van der Waals surface area contributed by atoms with Crippen LogP contribution in [0.3, 0.4) is 0 Å². The van der Waals surface area contributed by atoms with Gasteiger partial charge in [0.05, 0.1) is 0 Å². The Morgan fingerprint density at radius 3 is 2.25 bits per heavy atom. The first-order valence-electron chi connectivity index (χ1n) is 3.92. The Morgan fingerprint density at radius 1 is 1.58 bits per heavy atom. The van der Waals surface area contributed by atoms with Crippen LogP contribution in [0.5, 0.6) is 0 Å². The molecule has 69 valence electrons. The Balaban J connectivity index is 2.84. The standard InChI is InChI=1S/C8H13O3Se/c1-4-6(12)5(7(9)11-4)8(2,3)10/h4-6,10H,1-3H3. The van der Waals surface area contributed by atoms with Gasteiger partial charge in [-0.25, -0.2) is 0 Å². The van der Waals surface area contributed by atoms with Gasteiger partial charge in [0.1, 0.15) is 0 Å². The van der Waals surface area contributed by atoms with Crippen LogP contribution in [-0.2, 0) is 9.53 Å². The van der Waals surface area contributed by atoms with Crippen LogP contribution < -0.4 is 0 Å². The topological polar surface area (TPSA) is 46.5 Å². The predicted molar refractivity (Wildman–Crippen MR) is 44.8 cm³/mol. The van der Waals surface area contributed by atoms with Crippen LogP contribution in [0.1, 0.15) is 20.8 Å². The Bertz CT molecular complexity index is 197. The molecule has 1 saturated heterocycles. The van der Waals surface area contributed by atoms with Crippen molar-refractivity contribution in [1.82, 2.24) is 0 Å². The quantitative estimate of drug-likeness (QED) is 0.525. The van der Waals surface area contributed by atoms with Crippen molar-refractivity contribution in [2.75, 3.05) is 0 Å². The van der Waals surface area contributed by atoms with Crippen LogP contribution >= 0.6 is 0 Å². The number of hydrogen-bond donors (Lipinski definition) is 1. The fourth-order valence-corrected chi connectivity index (χ4v) is 2.47. The number of ether oxygens (including phenoxy) is 1. The van der Waals surface area contributed by atoms with E-state index in [0.717, 1.165) is 0 Å². The number of carbonyl (C=O) groups is 1. The molecule has 1 N–H and O–H groups in total. The second kappa shape index (κ2) is 3.02. The van der Waals surface area contributed by atoms with Gasteiger partial charge in [0.15, 0.2) is 0 Å². The third kappa shape index (κ3) is 1.65. The van der Waals surface area contributed by atoms with Crippen molar-refractivity contribution in [3.05, 3.63) is 0 Å². The first-order valence-corrected chi connectivity index (χ1v) is 4.91. The molecule has 0 aromatic rings. The minimum absolute atomic E-state index is 0.0301. The average Bonchev–Trinajstić information content (AvgIpc) is 2.05. The molecular weight excluding hydrogens is 223 g/mol. The van der Waals surface area contributed by atoms with E-state index in [2.05, 4.69) is 16.0 Å². The summed E-state index contributed by atoms with van der Waals surface area (Å²) in [6.07, 6.45) is -0.131. The fourth-order valence-electron chi connectivity index (χ4n) is 1.42. The van der Waals surface area contributed by atoms with E-state index in [1.54, 1.807) is 13.8 Å². The predicted octanol–water partition coefficient (Wildman–Crippen LogP) is 0.276. The summed E-state index contributed by atoms with van der Waals surface area (Å²) in [5.41, 5.74) is -1.00. The van der Waals surface area contributed by atoms with Gasteiger partial charge in [-0.2, -0.15) is 0 Å². The summed E-state index contributed by atoms with van der Waals surface area (Å²) in [6.45, 7) is 5.08. The Morgan fingerprint density at radius 2 is 2.08 bits per heavy atom. The maximum absolute atomic E-state index is 11.2. The van der Waals surface area contributed by atoms with Crippen LogP contribution in [0.4, 0.5) is 0 Å². The number of hydrogen-bond acceptors (Lipinski definition) is 3. The molecule has 0 amide bonds. The second-order valence-corrected chi connectivity index (χ2v) is 4.88. The van der Waals surface area contributed by atoms with Gasteiger partial charge in [0.2, 0.25) is 0 Å². The number of carbonyl (C=O) groups excluding carboxylic acids is 1. The zero-order valence-electron chi connectivity index (χ0n) is 7.40. The van der Waals surface area contributed by atoms with E-state index >= 15 is 0 Å². The van der Waals surface area contributed by atoms with Crippen molar-refractivity contribution in [3.8, 4) is 0 Å². The van der Waals surface area contributed by atoms with Gasteiger partial charge in [-0.05, 0) is 0 Å². The summed E-state index contributed by atoms with van der Waals surface area (Å²) in [5, 5.41) is 9.66. The second-order valence-electron chi connectivity index (χ2n) is 3.74. The Labute approximate surface area is 80.3 Å². The number of aliphatic hydroxyl groups is 1. The summed E-state index contributed by atoms with van der Waals surface area (Å²) in [4.78, 5) is 11.2. The molecule has 1 aliphatic rings. The van der Waals surface area contributed by atoms with Gasteiger partial charge in [0, 0.05) is 0 Å². The fraction of sp³-hybridized carbons (Fsp3) is 0.875. The van der Waals surface area contributed by atoms with Crippen LogP contribution in [-0.4, -0.2) is 38.8 Å². The molecule has 0 bridgehead atoms. The van der Waals surface area contributed by atoms with E-state index in [9.17, 15) is 9.90 Å². The van der Waals surface area contributed by atoms with Crippen molar-refractivity contribution in [2.24, 2.45) is 5.92 Å². The van der Waals surface area contributed by atoms with Gasteiger partial charge in [-0.1, -0.05) is 0 Å². The Hall–Kier alpha value is -0.0505. The summed E-state index contributed by atoms with van der Waals surface area (Å²) >= 11 is 2.87. The van der Waals surface area contributed by atoms with E-state index in [1.807, 2.05) is 6.92 Å². The zero-order valence-corrected chi connectivity index (χ0v) is 9.12. The molecule has 3 nitrogen and oxygen atoms in total. The molecule has 0 saturated carbocycles. The van der Waals surface area contributed by atoms with Crippen molar-refractivity contribution < 1.29 is 14.6 Å². The zero-order chi connectivity index (χ0) is 9.52. The molecule has 3 atom stereocenters. The van der Waals surface area contributed by atoms with Crippen molar-refractivity contribution in [1.29, 1.82) is 0 Å². The van der Waals surface area contributed by atoms with E-state index in [1.165, 1.54) is 0 Å². The summed E-state index contributed by atoms with van der Waals surface area (Å²) in [5.74, 6) is -0.744. The van der Waals surface area contributed by atoms with Crippen molar-refractivity contribution in [2.45, 2.75) is 37.3 Å². The van der Waals surface area contributed by atoms with E-state index in [4.69, 9.17) is 4.74 Å². The van der Waals surface area contributed by atoms with Gasteiger partial charge >= 0.3 is 79.8 Å². The molecule has 1 rings (SSSR count). The van der Waals surface area contributed by atoms with Crippen molar-refractivity contribution in [3.63, 3.8) is 0 Å². The monoisotopic (exact) mass is 237 g/mol. The summed E-state index contributed by atoms with van der Waals surface area (Å²) in [6, 6.07) is 0. The summed E-state index contributed by atoms with van der Waals surface area (Å²) < 4.78 is 4.98. The SMILES string of the molecule is CC1OC(=O)C(C(C)(C)O)C1[Se]. The van der Waals surface area contributed by atoms with E-state index in [-0.39, 0.29) is 16.9 Å². The van der Waals surface area contributed by atoms with Crippen LogP contribution in [0.25, 0.3) is 0 Å². The molecule has 0 aromatic heterocycles. The molecule has 1 aliphatic heterocycles. The summed E-state index contributed by atoms with van der Waals surface area (Å²) in [7, 11) is 0. The number of cyclic esters (lactones) is 1. The molecule has 1 fully saturated rings. The van der Waals surface area contributed by atoms with E-state index in [0.29, 0.717) is 0 Å². The molecule has 12 heavy (non-hydrogen) atoms. The molecular formula is C8H13O3Se. The molecule has 0 aromatic carbocycles. The molecule has 0 spiro atoms. The van der Waals surface area contributed by atoms with Crippen LogP contribution in [0.2, 0.25) is 4.82 Å². The van der Waals surface area contributed by atoms with Gasteiger partial charge < -0.3 is 0 Å². The first-order chi connectivity index (χ1) is 5.34. The number of rotatable bonds is 1. The third-order valence-corrected chi connectivity index (χ3v) is 3.48. The van der Waals surface area contributed by atoms with Crippen LogP contribution in [0.15, 0.2) is 0 Å². The van der Waals surface area contributed by atoms with Crippen LogP contribution in [0, 0.1) is 5.92 Å². The average molecular weight is 236 g/mol. The normalized spacial score (nSPS) is 36.8. The third-order valence-electron chi connectivity index (χ3n) is 2.11. The van der Waals surface area contributed by atoms with Gasteiger partial charge in [-0.3, -0.25) is 0 Å². The molecule has 1 radical (unpaired) electrons. The van der Waals surface area contributed by atoms with Gasteiger partial charge in [0.25, 0.3) is 0 Å². The molecule has 4 heteroatoms. The maximum atomic E-state index is 11.2. The Kier molecular flexibility index (Phi) is 2.52. The minimum atomic E-state index is -1.00. The molecule has 0 aliphatic carbocycles. The van der Waals surface area contributed by atoms with E-state index < -0.39 is 11.5 Å². The molecule has 1 heterocycles. The molecule has 3 unspecified atom stereocenters. The van der Waals surface area contributed by atoms with Crippen molar-refractivity contribution >= 4 is 22.0 Å². The number of esters is 1. The van der Waals surface area contributed by atoms with Gasteiger partial charge in [-0.15, -0.1) is 0 Å². The first kappa shape index (κ1) is 10.0.